The van der Waals surface area contributed by atoms with Gasteiger partial charge in [0.15, 0.2) is 5.82 Å². The van der Waals surface area contributed by atoms with Gasteiger partial charge in [0.05, 0.1) is 13.2 Å². The second-order valence-corrected chi connectivity index (χ2v) is 8.10. The molecule has 9 heteroatoms. The van der Waals surface area contributed by atoms with Crippen LogP contribution in [0.5, 0.6) is 0 Å². The Morgan fingerprint density at radius 1 is 0.781 bits per heavy atom. The minimum Gasteiger partial charge on any atom is -0.378 e. The van der Waals surface area contributed by atoms with Crippen molar-refractivity contribution in [1.29, 1.82) is 0 Å². The number of piperazine rings is 1. The van der Waals surface area contributed by atoms with Crippen molar-refractivity contribution in [2.24, 2.45) is 0 Å². The van der Waals surface area contributed by atoms with E-state index in [9.17, 15) is 0 Å². The van der Waals surface area contributed by atoms with Crippen LogP contribution in [-0.4, -0.2) is 77.4 Å². The maximum atomic E-state index is 5.46. The number of hydrogen-bond donors (Lipinski definition) is 0. The number of anilines is 3. The molecule has 0 saturated carbocycles. The van der Waals surface area contributed by atoms with Gasteiger partial charge in [-0.05, 0) is 26.0 Å². The van der Waals surface area contributed by atoms with Gasteiger partial charge in [0, 0.05) is 62.8 Å². The quantitative estimate of drug-likeness (QED) is 0.615. The summed E-state index contributed by atoms with van der Waals surface area (Å²) in [5.74, 6) is 3.63. The standard InChI is InChI=1S/C23H28N8O/c1-17-18(2)27-22(19-5-3-4-6-24-19)28-23(17)31-9-7-29(8-10-31)20-15-21(26-16-25-20)30-11-13-32-14-12-30/h3-6,15-16H,7-14H2,1-2H3. The molecule has 0 radical (unpaired) electrons. The maximum Gasteiger partial charge on any atom is 0.180 e. The number of aryl methyl sites for hydroxylation is 1. The van der Waals surface area contributed by atoms with Gasteiger partial charge in [0.25, 0.3) is 0 Å². The molecule has 5 rings (SSSR count). The third-order valence-electron chi connectivity index (χ3n) is 6.13. The summed E-state index contributed by atoms with van der Waals surface area (Å²) in [7, 11) is 0. The molecule has 0 spiro atoms. The predicted molar refractivity (Wildman–Crippen MR) is 124 cm³/mol. The van der Waals surface area contributed by atoms with E-state index in [2.05, 4.69) is 47.6 Å². The highest BCUT2D eigenvalue weighted by Gasteiger charge is 2.23. The first kappa shape index (κ1) is 20.6. The zero-order chi connectivity index (χ0) is 21.9. The van der Waals surface area contributed by atoms with E-state index < -0.39 is 0 Å². The van der Waals surface area contributed by atoms with Crippen LogP contribution >= 0.6 is 0 Å². The van der Waals surface area contributed by atoms with Crippen LogP contribution in [0.1, 0.15) is 11.3 Å². The zero-order valence-corrected chi connectivity index (χ0v) is 18.6. The topological polar surface area (TPSA) is 83.4 Å². The molecule has 9 nitrogen and oxygen atoms in total. The molecule has 3 aromatic rings. The number of rotatable bonds is 4. The minimum absolute atomic E-state index is 0.678. The molecule has 166 valence electrons. The number of morpholine rings is 1. The van der Waals surface area contributed by atoms with E-state index in [0.29, 0.717) is 5.82 Å². The molecular weight excluding hydrogens is 404 g/mol. The molecule has 0 N–H and O–H groups in total. The minimum atomic E-state index is 0.678. The molecule has 0 aliphatic carbocycles. The van der Waals surface area contributed by atoms with Crippen LogP contribution in [-0.2, 0) is 4.74 Å². The normalized spacial score (nSPS) is 17.0. The number of hydrogen-bond acceptors (Lipinski definition) is 9. The molecule has 5 heterocycles. The van der Waals surface area contributed by atoms with Crippen molar-refractivity contribution in [3.8, 4) is 11.5 Å². The summed E-state index contributed by atoms with van der Waals surface area (Å²) in [5.41, 5.74) is 2.91. The van der Waals surface area contributed by atoms with Crippen LogP contribution in [0.25, 0.3) is 11.5 Å². The highest BCUT2D eigenvalue weighted by atomic mass is 16.5. The van der Waals surface area contributed by atoms with E-state index >= 15 is 0 Å². The van der Waals surface area contributed by atoms with E-state index in [1.807, 2.05) is 25.1 Å². The Morgan fingerprint density at radius 3 is 2.16 bits per heavy atom. The summed E-state index contributed by atoms with van der Waals surface area (Å²) in [6.07, 6.45) is 3.45. The lowest BCUT2D eigenvalue weighted by Crippen LogP contribution is -2.47. The van der Waals surface area contributed by atoms with Gasteiger partial charge in [0.1, 0.15) is 29.5 Å². The molecule has 0 amide bonds. The van der Waals surface area contributed by atoms with Crippen LogP contribution in [0.15, 0.2) is 36.8 Å². The Kier molecular flexibility index (Phi) is 5.81. The van der Waals surface area contributed by atoms with Crippen molar-refractivity contribution < 1.29 is 4.74 Å². The van der Waals surface area contributed by atoms with Crippen molar-refractivity contribution in [3.05, 3.63) is 48.0 Å². The molecule has 0 atom stereocenters. The first-order chi connectivity index (χ1) is 15.7. The lowest BCUT2D eigenvalue weighted by Gasteiger charge is -2.37. The van der Waals surface area contributed by atoms with Crippen LogP contribution in [0.4, 0.5) is 17.5 Å². The molecule has 32 heavy (non-hydrogen) atoms. The Balaban J connectivity index is 1.31. The van der Waals surface area contributed by atoms with Crippen LogP contribution in [0.2, 0.25) is 0 Å². The molecule has 0 bridgehead atoms. The van der Waals surface area contributed by atoms with Gasteiger partial charge in [0.2, 0.25) is 0 Å². The van der Waals surface area contributed by atoms with Crippen molar-refractivity contribution in [3.63, 3.8) is 0 Å². The largest absolute Gasteiger partial charge is 0.378 e. The van der Waals surface area contributed by atoms with Crippen molar-refractivity contribution >= 4 is 17.5 Å². The molecule has 0 aromatic carbocycles. The zero-order valence-electron chi connectivity index (χ0n) is 18.6. The highest BCUT2D eigenvalue weighted by Crippen LogP contribution is 2.26. The summed E-state index contributed by atoms with van der Waals surface area (Å²) in [5, 5.41) is 0. The van der Waals surface area contributed by atoms with Crippen LogP contribution in [0, 0.1) is 13.8 Å². The SMILES string of the molecule is Cc1nc(-c2ccccn2)nc(N2CCN(c3cc(N4CCOCC4)ncn3)CC2)c1C. The molecule has 2 saturated heterocycles. The fraction of sp³-hybridized carbons (Fsp3) is 0.435. The smallest absolute Gasteiger partial charge is 0.180 e. The van der Waals surface area contributed by atoms with Crippen molar-refractivity contribution in [1.82, 2.24) is 24.9 Å². The Morgan fingerprint density at radius 2 is 1.47 bits per heavy atom. The molecule has 0 unspecified atom stereocenters. The first-order valence-electron chi connectivity index (χ1n) is 11.1. The number of nitrogens with zero attached hydrogens (tertiary/aromatic N) is 8. The maximum absolute atomic E-state index is 5.46. The number of ether oxygens (including phenoxy) is 1. The summed E-state index contributed by atoms with van der Waals surface area (Å²) in [4.78, 5) is 29.9. The average molecular weight is 433 g/mol. The lowest BCUT2D eigenvalue weighted by atomic mass is 10.2. The molecular formula is C23H28N8O. The van der Waals surface area contributed by atoms with E-state index in [4.69, 9.17) is 9.72 Å². The second kappa shape index (κ2) is 9.04. The lowest BCUT2D eigenvalue weighted by molar-refractivity contribution is 0.122. The molecule has 2 aliphatic heterocycles. The molecule has 2 fully saturated rings. The molecule has 3 aromatic heterocycles. The van der Waals surface area contributed by atoms with E-state index in [-0.39, 0.29) is 0 Å². The monoisotopic (exact) mass is 432 g/mol. The van der Waals surface area contributed by atoms with E-state index in [0.717, 1.165) is 86.9 Å². The average Bonchev–Trinajstić information content (AvgIpc) is 2.87. The fourth-order valence-corrected chi connectivity index (χ4v) is 4.15. The summed E-state index contributed by atoms with van der Waals surface area (Å²) in [6.45, 7) is 10.9. The summed E-state index contributed by atoms with van der Waals surface area (Å²) >= 11 is 0. The van der Waals surface area contributed by atoms with Gasteiger partial charge in [-0.1, -0.05) is 6.07 Å². The Bertz CT molecular complexity index is 1060. The predicted octanol–water partition coefficient (Wildman–Crippen LogP) is 2.11. The van der Waals surface area contributed by atoms with Gasteiger partial charge < -0.3 is 19.4 Å². The van der Waals surface area contributed by atoms with E-state index in [1.54, 1.807) is 12.5 Å². The van der Waals surface area contributed by atoms with Crippen LogP contribution in [0.3, 0.4) is 0 Å². The van der Waals surface area contributed by atoms with Gasteiger partial charge in [-0.2, -0.15) is 0 Å². The Hall–Kier alpha value is -3.33. The van der Waals surface area contributed by atoms with Gasteiger partial charge in [-0.25, -0.2) is 19.9 Å². The van der Waals surface area contributed by atoms with Crippen molar-refractivity contribution in [2.75, 3.05) is 67.2 Å². The second-order valence-electron chi connectivity index (χ2n) is 8.10. The van der Waals surface area contributed by atoms with Gasteiger partial charge >= 0.3 is 0 Å². The van der Waals surface area contributed by atoms with E-state index in [1.165, 1.54) is 0 Å². The Labute approximate surface area is 188 Å². The number of aromatic nitrogens is 5. The van der Waals surface area contributed by atoms with Crippen molar-refractivity contribution in [2.45, 2.75) is 13.8 Å². The van der Waals surface area contributed by atoms with Gasteiger partial charge in [-0.3, -0.25) is 4.98 Å². The third kappa shape index (κ3) is 4.20. The first-order valence-corrected chi connectivity index (χ1v) is 11.1. The number of pyridine rings is 1. The van der Waals surface area contributed by atoms with Crippen LogP contribution < -0.4 is 14.7 Å². The summed E-state index contributed by atoms with van der Waals surface area (Å²) in [6, 6.07) is 7.92. The fourth-order valence-electron chi connectivity index (χ4n) is 4.15. The summed E-state index contributed by atoms with van der Waals surface area (Å²) < 4.78 is 5.46. The highest BCUT2D eigenvalue weighted by molar-refractivity contribution is 5.58. The molecule has 2 aliphatic rings. The third-order valence-corrected chi connectivity index (χ3v) is 6.13. The van der Waals surface area contributed by atoms with Gasteiger partial charge in [-0.15, -0.1) is 0 Å².